The zero-order chi connectivity index (χ0) is 22.6. The first-order chi connectivity index (χ1) is 14.8. The summed E-state index contributed by atoms with van der Waals surface area (Å²) < 4.78 is 32.4. The van der Waals surface area contributed by atoms with Crippen LogP contribution in [0.25, 0.3) is 0 Å². The molecule has 8 nitrogen and oxygen atoms in total. The van der Waals surface area contributed by atoms with Gasteiger partial charge in [0, 0.05) is 31.7 Å². The first-order valence-electron chi connectivity index (χ1n) is 9.96. The molecular weight excluding hydrogens is 416 g/mol. The Kier molecular flexibility index (Phi) is 6.83. The van der Waals surface area contributed by atoms with E-state index in [0.717, 1.165) is 11.1 Å². The largest absolute Gasteiger partial charge is 0.496 e. The molecule has 1 aliphatic rings. The van der Waals surface area contributed by atoms with Crippen molar-refractivity contribution in [2.75, 3.05) is 33.3 Å². The summed E-state index contributed by atoms with van der Waals surface area (Å²) in [5, 5.41) is 11.9. The van der Waals surface area contributed by atoms with Crippen LogP contribution < -0.4 is 10.1 Å². The fraction of sp³-hybridized carbons (Fsp3) is 0.364. The van der Waals surface area contributed by atoms with Crippen LogP contribution in [0.2, 0.25) is 0 Å². The molecule has 0 spiro atoms. The quantitative estimate of drug-likeness (QED) is 0.767. The molecular formula is C22H26N4O4S. The van der Waals surface area contributed by atoms with E-state index in [1.165, 1.54) is 28.6 Å². The average Bonchev–Trinajstić information content (AvgIpc) is 2.79. The SMILES string of the molecule is COc1ccc(C)cc1C(C)NC(=O)N1CCN(S(=O)(=O)c2ccc(C#N)cc2)CC1. The van der Waals surface area contributed by atoms with Gasteiger partial charge in [-0.15, -0.1) is 0 Å². The molecule has 0 radical (unpaired) electrons. The predicted molar refractivity (Wildman–Crippen MR) is 116 cm³/mol. The van der Waals surface area contributed by atoms with Gasteiger partial charge < -0.3 is 15.0 Å². The molecule has 1 unspecified atom stereocenters. The van der Waals surface area contributed by atoms with Gasteiger partial charge >= 0.3 is 6.03 Å². The molecule has 2 amide bonds. The number of hydrogen-bond acceptors (Lipinski definition) is 5. The third-order valence-electron chi connectivity index (χ3n) is 5.34. The molecule has 0 aromatic heterocycles. The lowest BCUT2D eigenvalue weighted by molar-refractivity contribution is 0.169. The van der Waals surface area contributed by atoms with Crippen LogP contribution >= 0.6 is 0 Å². The van der Waals surface area contributed by atoms with Crippen LogP contribution in [0, 0.1) is 18.3 Å². The highest BCUT2D eigenvalue weighted by Crippen LogP contribution is 2.26. The van der Waals surface area contributed by atoms with Gasteiger partial charge in [0.05, 0.1) is 29.7 Å². The van der Waals surface area contributed by atoms with E-state index in [0.29, 0.717) is 24.4 Å². The first kappa shape index (κ1) is 22.6. The summed E-state index contributed by atoms with van der Waals surface area (Å²) in [6.45, 7) is 4.86. The van der Waals surface area contributed by atoms with Crippen molar-refractivity contribution in [3.63, 3.8) is 0 Å². The van der Waals surface area contributed by atoms with Crippen molar-refractivity contribution in [3.8, 4) is 11.8 Å². The van der Waals surface area contributed by atoms with Crippen molar-refractivity contribution in [2.45, 2.75) is 24.8 Å². The van der Waals surface area contributed by atoms with Crippen LogP contribution in [0.1, 0.15) is 29.7 Å². The molecule has 3 rings (SSSR count). The molecule has 31 heavy (non-hydrogen) atoms. The third kappa shape index (κ3) is 4.98. The standard InChI is InChI=1S/C22H26N4O4S/c1-16-4-9-21(30-3)20(14-16)17(2)24-22(27)25-10-12-26(13-11-25)31(28,29)19-7-5-18(15-23)6-8-19/h4-9,14,17H,10-13H2,1-3H3,(H,24,27). The number of sulfonamides is 1. The van der Waals surface area contributed by atoms with Gasteiger partial charge in [-0.3, -0.25) is 0 Å². The number of aryl methyl sites for hydroxylation is 1. The highest BCUT2D eigenvalue weighted by Gasteiger charge is 2.30. The Morgan fingerprint density at radius 2 is 1.77 bits per heavy atom. The number of benzene rings is 2. The van der Waals surface area contributed by atoms with Crippen molar-refractivity contribution < 1.29 is 17.9 Å². The molecule has 1 heterocycles. The molecule has 2 aromatic carbocycles. The van der Waals surface area contributed by atoms with E-state index >= 15 is 0 Å². The number of ether oxygens (including phenoxy) is 1. The maximum Gasteiger partial charge on any atom is 0.317 e. The lowest BCUT2D eigenvalue weighted by Gasteiger charge is -2.34. The van der Waals surface area contributed by atoms with E-state index < -0.39 is 10.0 Å². The number of hydrogen-bond donors (Lipinski definition) is 1. The highest BCUT2D eigenvalue weighted by molar-refractivity contribution is 7.89. The Bertz CT molecular complexity index is 1090. The van der Waals surface area contributed by atoms with E-state index in [-0.39, 0.29) is 30.1 Å². The topological polar surface area (TPSA) is 103 Å². The maximum atomic E-state index is 12.8. The van der Waals surface area contributed by atoms with Crippen LogP contribution in [0.5, 0.6) is 5.75 Å². The predicted octanol–water partition coefficient (Wildman–Crippen LogP) is 2.65. The van der Waals surface area contributed by atoms with Crippen LogP contribution in [0.4, 0.5) is 4.79 Å². The summed E-state index contributed by atoms with van der Waals surface area (Å²) >= 11 is 0. The van der Waals surface area contributed by atoms with Crippen molar-refractivity contribution in [2.24, 2.45) is 0 Å². The van der Waals surface area contributed by atoms with Gasteiger partial charge in [0.2, 0.25) is 10.0 Å². The van der Waals surface area contributed by atoms with Gasteiger partial charge in [-0.2, -0.15) is 9.57 Å². The summed E-state index contributed by atoms with van der Waals surface area (Å²) in [5.74, 6) is 0.705. The minimum absolute atomic E-state index is 0.143. The number of nitrogens with one attached hydrogen (secondary N) is 1. The first-order valence-corrected chi connectivity index (χ1v) is 11.4. The van der Waals surface area contributed by atoms with Gasteiger partial charge in [0.25, 0.3) is 0 Å². The van der Waals surface area contributed by atoms with E-state index in [9.17, 15) is 13.2 Å². The molecule has 0 saturated carbocycles. The van der Waals surface area contributed by atoms with E-state index in [4.69, 9.17) is 10.00 Å². The van der Waals surface area contributed by atoms with Gasteiger partial charge in [-0.05, 0) is 44.2 Å². The van der Waals surface area contributed by atoms with Crippen LogP contribution in [0.15, 0.2) is 47.4 Å². The Hall–Kier alpha value is -3.09. The second-order valence-corrected chi connectivity index (χ2v) is 9.38. The second-order valence-electron chi connectivity index (χ2n) is 7.44. The molecule has 0 aliphatic carbocycles. The number of carbonyl (C=O) groups excluding carboxylic acids is 1. The van der Waals surface area contributed by atoms with E-state index in [1.807, 2.05) is 38.1 Å². The van der Waals surface area contributed by atoms with Crippen molar-refractivity contribution >= 4 is 16.1 Å². The Labute approximate surface area is 183 Å². The van der Waals surface area contributed by atoms with Crippen LogP contribution in [0.3, 0.4) is 0 Å². The maximum absolute atomic E-state index is 12.8. The number of carbonyl (C=O) groups is 1. The van der Waals surface area contributed by atoms with Gasteiger partial charge in [0.15, 0.2) is 0 Å². The zero-order valence-electron chi connectivity index (χ0n) is 17.8. The van der Waals surface area contributed by atoms with Gasteiger partial charge in [0.1, 0.15) is 5.75 Å². The molecule has 2 aromatic rings. The normalized spacial score (nSPS) is 15.7. The van der Waals surface area contributed by atoms with Crippen molar-refractivity contribution in [3.05, 3.63) is 59.2 Å². The Balaban J connectivity index is 1.62. The van der Waals surface area contributed by atoms with Crippen LogP contribution in [-0.2, 0) is 10.0 Å². The lowest BCUT2D eigenvalue weighted by atomic mass is 10.0. The number of amides is 2. The lowest BCUT2D eigenvalue weighted by Crippen LogP contribution is -2.53. The smallest absolute Gasteiger partial charge is 0.317 e. The number of nitriles is 1. The zero-order valence-corrected chi connectivity index (χ0v) is 18.6. The Morgan fingerprint density at radius 1 is 1.13 bits per heavy atom. The monoisotopic (exact) mass is 442 g/mol. The minimum atomic E-state index is -3.67. The number of nitrogens with zero attached hydrogens (tertiary/aromatic N) is 3. The summed E-state index contributed by atoms with van der Waals surface area (Å²) in [5.41, 5.74) is 2.36. The number of urea groups is 1. The van der Waals surface area contributed by atoms with Crippen molar-refractivity contribution in [1.29, 1.82) is 5.26 Å². The molecule has 9 heteroatoms. The molecule has 1 saturated heterocycles. The van der Waals surface area contributed by atoms with Crippen LogP contribution in [-0.4, -0.2) is 56.9 Å². The Morgan fingerprint density at radius 3 is 2.35 bits per heavy atom. The molecule has 164 valence electrons. The second kappa shape index (κ2) is 9.37. The number of piperazine rings is 1. The van der Waals surface area contributed by atoms with E-state index in [1.54, 1.807) is 12.0 Å². The molecule has 1 N–H and O–H groups in total. The fourth-order valence-corrected chi connectivity index (χ4v) is 4.95. The summed E-state index contributed by atoms with van der Waals surface area (Å²) in [6.07, 6.45) is 0. The van der Waals surface area contributed by atoms with E-state index in [2.05, 4.69) is 5.32 Å². The summed E-state index contributed by atoms with van der Waals surface area (Å²) in [7, 11) is -2.07. The minimum Gasteiger partial charge on any atom is -0.496 e. The molecule has 1 fully saturated rings. The summed E-state index contributed by atoms with van der Waals surface area (Å²) in [4.78, 5) is 14.5. The highest BCUT2D eigenvalue weighted by atomic mass is 32.2. The fourth-order valence-electron chi connectivity index (χ4n) is 3.53. The van der Waals surface area contributed by atoms with Gasteiger partial charge in [-0.1, -0.05) is 17.7 Å². The van der Waals surface area contributed by atoms with Crippen molar-refractivity contribution in [1.82, 2.24) is 14.5 Å². The molecule has 0 bridgehead atoms. The number of rotatable bonds is 5. The molecule has 1 atom stereocenters. The van der Waals surface area contributed by atoms with Gasteiger partial charge in [-0.25, -0.2) is 13.2 Å². The molecule has 1 aliphatic heterocycles. The third-order valence-corrected chi connectivity index (χ3v) is 7.25. The number of methoxy groups -OCH3 is 1. The summed E-state index contributed by atoms with van der Waals surface area (Å²) in [6, 6.07) is 13.1. The average molecular weight is 443 g/mol.